The number of nitrogens with one attached hydrogen (secondary N) is 2. The van der Waals surface area contributed by atoms with Crippen LogP contribution in [0.4, 0.5) is 4.79 Å². The van der Waals surface area contributed by atoms with Crippen molar-refractivity contribution in [1.82, 2.24) is 20.1 Å². The van der Waals surface area contributed by atoms with Crippen LogP contribution < -0.4 is 5.32 Å². The van der Waals surface area contributed by atoms with Gasteiger partial charge in [0.2, 0.25) is 5.91 Å². The summed E-state index contributed by atoms with van der Waals surface area (Å²) in [7, 11) is 0. The number of carbonyl (C=O) groups is 3. The van der Waals surface area contributed by atoms with E-state index >= 15 is 0 Å². The SMILES string of the molecule is C[C@H]1C(=O)N(Cc2ccccc2)C(=O)N2CCC[C@@H](N[C@@H](Cc3c[nH]c4ccccc34)C(=O)OC3C4CC5CC(C4)CC3C5)C12. The van der Waals surface area contributed by atoms with Crippen molar-refractivity contribution >= 4 is 28.8 Å². The third-order valence-electron chi connectivity index (χ3n) is 11.7. The highest BCUT2D eigenvalue weighted by Gasteiger charge is 2.52. The van der Waals surface area contributed by atoms with Gasteiger partial charge in [-0.2, -0.15) is 0 Å². The van der Waals surface area contributed by atoms with Crippen LogP contribution in [0.3, 0.4) is 0 Å². The summed E-state index contributed by atoms with van der Waals surface area (Å²) in [5, 5.41) is 4.82. The van der Waals surface area contributed by atoms with E-state index in [1.807, 2.05) is 60.5 Å². The first-order chi connectivity index (χ1) is 21.9. The number of benzene rings is 2. The number of esters is 1. The zero-order valence-corrected chi connectivity index (χ0v) is 26.1. The predicted molar refractivity (Wildman–Crippen MR) is 171 cm³/mol. The fraction of sp³-hybridized carbons (Fsp3) is 0.541. The Balaban J connectivity index is 1.05. The Labute approximate surface area is 264 Å². The van der Waals surface area contributed by atoms with Gasteiger partial charge >= 0.3 is 12.0 Å². The Kier molecular flexibility index (Phi) is 7.43. The summed E-state index contributed by atoms with van der Waals surface area (Å²) in [4.78, 5) is 48.4. The predicted octanol–water partition coefficient (Wildman–Crippen LogP) is 5.67. The van der Waals surface area contributed by atoms with Crippen LogP contribution in [0.25, 0.3) is 10.9 Å². The summed E-state index contributed by atoms with van der Waals surface area (Å²) in [6.07, 6.45) is 10.2. The Morgan fingerprint density at radius 1 is 0.978 bits per heavy atom. The smallest absolute Gasteiger partial charge is 0.327 e. The summed E-state index contributed by atoms with van der Waals surface area (Å²) in [5.74, 6) is 1.84. The Morgan fingerprint density at radius 2 is 1.69 bits per heavy atom. The number of imide groups is 1. The first-order valence-corrected chi connectivity index (χ1v) is 17.1. The number of piperidine rings is 1. The minimum atomic E-state index is -0.578. The van der Waals surface area contributed by atoms with Crippen molar-refractivity contribution in [3.8, 4) is 0 Å². The molecular weight excluding hydrogens is 564 g/mol. The van der Waals surface area contributed by atoms with Crippen molar-refractivity contribution in [2.45, 2.75) is 89.1 Å². The first-order valence-electron chi connectivity index (χ1n) is 17.1. The quantitative estimate of drug-likeness (QED) is 0.322. The molecule has 2 aliphatic heterocycles. The molecule has 4 bridgehead atoms. The number of para-hydroxylation sites is 1. The zero-order valence-electron chi connectivity index (χ0n) is 26.1. The van der Waals surface area contributed by atoms with Gasteiger partial charge in [0.05, 0.1) is 18.5 Å². The van der Waals surface area contributed by atoms with Gasteiger partial charge < -0.3 is 14.6 Å². The maximum Gasteiger partial charge on any atom is 0.327 e. The molecule has 4 saturated carbocycles. The Hall–Kier alpha value is -3.65. The highest BCUT2D eigenvalue weighted by molar-refractivity contribution is 5.98. The Morgan fingerprint density at radius 3 is 2.44 bits per heavy atom. The number of hydrogen-bond acceptors (Lipinski definition) is 5. The lowest BCUT2D eigenvalue weighted by molar-refractivity contribution is -0.173. The monoisotopic (exact) mass is 608 g/mol. The number of hydrogen-bond donors (Lipinski definition) is 2. The number of H-pyrrole nitrogens is 1. The molecule has 8 heteroatoms. The molecule has 3 heterocycles. The minimum Gasteiger partial charge on any atom is -0.461 e. The number of rotatable bonds is 8. The molecule has 6 aliphatic rings. The third-order valence-corrected chi connectivity index (χ3v) is 11.7. The number of nitrogens with zero attached hydrogens (tertiary/aromatic N) is 2. The number of fused-ring (bicyclic) bond motifs is 2. The first kappa shape index (κ1) is 28.8. The van der Waals surface area contributed by atoms with E-state index in [0.717, 1.165) is 46.7 Å². The molecule has 9 rings (SSSR count). The molecule has 6 fully saturated rings. The molecule has 2 aromatic carbocycles. The number of aromatic nitrogens is 1. The summed E-state index contributed by atoms with van der Waals surface area (Å²) >= 11 is 0. The van der Waals surface area contributed by atoms with Gasteiger partial charge in [-0.05, 0) is 85.8 Å². The molecule has 1 unspecified atom stereocenters. The summed E-state index contributed by atoms with van der Waals surface area (Å²) < 4.78 is 6.51. The number of amides is 3. The van der Waals surface area contributed by atoms with E-state index in [0.29, 0.717) is 24.8 Å². The standard InChI is InChI=1S/C37H44N4O4/c1-22-33-31(12-7-13-40(33)37(44)41(35(22)42)21-23-8-3-2-4-9-23)39-32(19-28-20-38-30-11-6-5-10-29(28)30)36(43)45-34-26-15-24-14-25(17-26)18-27(34)16-24/h2-6,8-11,20,22,24-27,31-34,38-39H,7,12-19,21H2,1H3/t22-,24?,25?,26?,27?,31-,32+,33?,34?/m1/s1. The van der Waals surface area contributed by atoms with E-state index in [4.69, 9.17) is 4.74 Å². The molecule has 8 nitrogen and oxygen atoms in total. The fourth-order valence-electron chi connectivity index (χ4n) is 9.87. The van der Waals surface area contributed by atoms with Crippen LogP contribution in [0.5, 0.6) is 0 Å². The number of aromatic amines is 1. The molecule has 0 spiro atoms. The van der Waals surface area contributed by atoms with Crippen molar-refractivity contribution in [2.24, 2.45) is 29.6 Å². The maximum absolute atomic E-state index is 14.2. The molecule has 1 aromatic heterocycles. The second-order valence-corrected chi connectivity index (χ2v) is 14.5. The lowest BCUT2D eigenvalue weighted by Crippen LogP contribution is -2.69. The lowest BCUT2D eigenvalue weighted by atomic mass is 9.55. The zero-order chi connectivity index (χ0) is 30.7. The Bertz CT molecular complexity index is 1560. The van der Waals surface area contributed by atoms with E-state index < -0.39 is 12.0 Å². The van der Waals surface area contributed by atoms with Crippen molar-refractivity contribution in [1.29, 1.82) is 0 Å². The lowest BCUT2D eigenvalue weighted by Gasteiger charge is -2.53. The average molecular weight is 609 g/mol. The number of ether oxygens (including phenoxy) is 1. The van der Waals surface area contributed by atoms with E-state index in [-0.39, 0.29) is 42.6 Å². The summed E-state index contributed by atoms with van der Waals surface area (Å²) in [6, 6.07) is 16.5. The van der Waals surface area contributed by atoms with E-state index in [9.17, 15) is 14.4 Å². The topological polar surface area (TPSA) is 94.7 Å². The van der Waals surface area contributed by atoms with Crippen LogP contribution in [0.2, 0.25) is 0 Å². The van der Waals surface area contributed by atoms with Gasteiger partial charge in [-0.1, -0.05) is 55.5 Å². The normalized spacial score (nSPS) is 33.0. The van der Waals surface area contributed by atoms with Gasteiger partial charge in [0, 0.05) is 36.1 Å². The number of carbonyl (C=O) groups excluding carboxylic acids is 3. The largest absolute Gasteiger partial charge is 0.461 e. The maximum atomic E-state index is 14.2. The molecule has 2 N–H and O–H groups in total. The minimum absolute atomic E-state index is 0.00345. The van der Waals surface area contributed by atoms with Crippen LogP contribution >= 0.6 is 0 Å². The molecule has 3 amide bonds. The van der Waals surface area contributed by atoms with Crippen molar-refractivity contribution in [2.75, 3.05) is 6.54 Å². The van der Waals surface area contributed by atoms with Gasteiger partial charge in [-0.3, -0.25) is 19.8 Å². The number of urea groups is 1. The van der Waals surface area contributed by atoms with E-state index in [1.54, 1.807) is 0 Å². The van der Waals surface area contributed by atoms with Gasteiger partial charge in [0.15, 0.2) is 0 Å². The molecule has 4 aliphatic carbocycles. The average Bonchev–Trinajstić information content (AvgIpc) is 3.46. The molecule has 2 saturated heterocycles. The van der Waals surface area contributed by atoms with E-state index in [1.165, 1.54) is 37.0 Å². The van der Waals surface area contributed by atoms with Crippen LogP contribution in [0, 0.1) is 29.6 Å². The van der Waals surface area contributed by atoms with Crippen LogP contribution in [-0.4, -0.2) is 63.5 Å². The molecule has 4 atom stereocenters. The molecule has 236 valence electrons. The highest BCUT2D eigenvalue weighted by Crippen LogP contribution is 2.54. The summed E-state index contributed by atoms with van der Waals surface area (Å²) in [5.41, 5.74) is 3.04. The third kappa shape index (κ3) is 5.25. The van der Waals surface area contributed by atoms with Crippen LogP contribution in [0.1, 0.15) is 63.0 Å². The van der Waals surface area contributed by atoms with Crippen LogP contribution in [-0.2, 0) is 27.3 Å². The molecule has 45 heavy (non-hydrogen) atoms. The summed E-state index contributed by atoms with van der Waals surface area (Å²) in [6.45, 7) is 2.81. The second-order valence-electron chi connectivity index (χ2n) is 14.5. The van der Waals surface area contributed by atoms with E-state index in [2.05, 4.69) is 22.4 Å². The van der Waals surface area contributed by atoms with Gasteiger partial charge in [-0.25, -0.2) is 4.79 Å². The molecule has 0 radical (unpaired) electrons. The van der Waals surface area contributed by atoms with Gasteiger partial charge in [0.25, 0.3) is 0 Å². The van der Waals surface area contributed by atoms with Crippen LogP contribution in [0.15, 0.2) is 60.8 Å². The molecule has 3 aromatic rings. The highest BCUT2D eigenvalue weighted by atomic mass is 16.5. The van der Waals surface area contributed by atoms with Gasteiger partial charge in [-0.15, -0.1) is 0 Å². The van der Waals surface area contributed by atoms with Crippen molar-refractivity contribution < 1.29 is 19.1 Å². The van der Waals surface area contributed by atoms with Crippen molar-refractivity contribution in [3.63, 3.8) is 0 Å². The molecular formula is C37H44N4O4. The fourth-order valence-corrected chi connectivity index (χ4v) is 9.87. The second kappa shape index (κ2) is 11.6. The van der Waals surface area contributed by atoms with Crippen molar-refractivity contribution in [3.05, 3.63) is 71.9 Å². The van der Waals surface area contributed by atoms with Gasteiger partial charge in [0.1, 0.15) is 12.1 Å².